The maximum Gasteiger partial charge on any atom is 0.340 e. The first-order valence-electron chi connectivity index (χ1n) is 6.46. The molecule has 2 heterocycles. The van der Waals surface area contributed by atoms with Gasteiger partial charge in [0.2, 0.25) is 0 Å². The average Bonchev–Trinajstić information content (AvgIpc) is 2.65. The zero-order valence-electron chi connectivity index (χ0n) is 12.6. The predicted octanol–water partition coefficient (Wildman–Crippen LogP) is 2.93. The van der Waals surface area contributed by atoms with Gasteiger partial charge in [-0.05, 0) is 13.8 Å². The smallest absolute Gasteiger partial charge is 0.340 e. The van der Waals surface area contributed by atoms with E-state index in [-0.39, 0.29) is 10.7 Å². The first-order valence-corrected chi connectivity index (χ1v) is 6.84. The summed E-state index contributed by atoms with van der Waals surface area (Å²) in [5.41, 5.74) is 0.755. The molecule has 0 saturated heterocycles. The Morgan fingerprint density at radius 2 is 1.90 bits per heavy atom. The van der Waals surface area contributed by atoms with Crippen LogP contribution in [0.15, 0.2) is 6.07 Å². The number of aryl methyl sites for hydroxylation is 2. The summed E-state index contributed by atoms with van der Waals surface area (Å²) in [6.07, 6.45) is 0. The summed E-state index contributed by atoms with van der Waals surface area (Å²) >= 11 is 6.23. The third kappa shape index (κ3) is 2.90. The van der Waals surface area contributed by atoms with Crippen LogP contribution in [0.5, 0.6) is 0 Å². The van der Waals surface area contributed by atoms with Gasteiger partial charge >= 0.3 is 5.97 Å². The fraction of sp³-hybridized carbons (Fsp3) is 0.429. The number of carboxylic acid groups (broad SMARTS) is 1. The Bertz CT molecular complexity index is 696. The van der Waals surface area contributed by atoms with Crippen LogP contribution < -0.4 is 0 Å². The van der Waals surface area contributed by atoms with Crippen molar-refractivity contribution in [2.75, 3.05) is 0 Å². The minimum Gasteiger partial charge on any atom is -0.478 e. The number of halogens is 1. The van der Waals surface area contributed by atoms with Gasteiger partial charge < -0.3 is 5.11 Å². The van der Waals surface area contributed by atoms with Crippen LogP contribution in [-0.4, -0.2) is 30.8 Å². The molecule has 0 radical (unpaired) electrons. The maximum absolute atomic E-state index is 11.5. The SMILES string of the molecule is Cc1cc(-n2nc(C(C)(C)C)c(C(=O)O)c2Cl)nc(C)n1. The molecule has 0 aliphatic carbocycles. The molecule has 0 atom stereocenters. The lowest BCUT2D eigenvalue weighted by Crippen LogP contribution is -2.16. The molecule has 0 amide bonds. The number of aromatic carboxylic acids is 1. The summed E-state index contributed by atoms with van der Waals surface area (Å²) in [5.74, 6) is -0.0626. The fourth-order valence-electron chi connectivity index (χ4n) is 2.07. The van der Waals surface area contributed by atoms with Gasteiger partial charge in [-0.25, -0.2) is 19.4 Å². The molecule has 0 bridgehead atoms. The average molecular weight is 309 g/mol. The van der Waals surface area contributed by atoms with E-state index < -0.39 is 11.4 Å². The highest BCUT2D eigenvalue weighted by atomic mass is 35.5. The van der Waals surface area contributed by atoms with Crippen LogP contribution in [0, 0.1) is 13.8 Å². The minimum atomic E-state index is -1.10. The van der Waals surface area contributed by atoms with Gasteiger partial charge in [0.05, 0.1) is 5.69 Å². The highest BCUT2D eigenvalue weighted by Crippen LogP contribution is 2.31. The quantitative estimate of drug-likeness (QED) is 0.922. The Morgan fingerprint density at radius 3 is 2.33 bits per heavy atom. The Kier molecular flexibility index (Phi) is 3.76. The molecular formula is C14H17ClN4O2. The van der Waals surface area contributed by atoms with E-state index in [1.165, 1.54) is 4.68 Å². The van der Waals surface area contributed by atoms with Gasteiger partial charge in [0, 0.05) is 17.2 Å². The minimum absolute atomic E-state index is 0.0121. The number of aromatic nitrogens is 4. The zero-order chi connectivity index (χ0) is 15.9. The Hall–Kier alpha value is -1.95. The third-order valence-electron chi connectivity index (χ3n) is 2.92. The van der Waals surface area contributed by atoms with Crippen LogP contribution in [0.4, 0.5) is 0 Å². The largest absolute Gasteiger partial charge is 0.478 e. The van der Waals surface area contributed by atoms with Gasteiger partial charge in [0.15, 0.2) is 5.82 Å². The molecule has 0 aliphatic heterocycles. The fourth-order valence-corrected chi connectivity index (χ4v) is 2.36. The van der Waals surface area contributed by atoms with E-state index in [1.807, 2.05) is 27.7 Å². The topological polar surface area (TPSA) is 80.9 Å². The number of rotatable bonds is 2. The Labute approximate surface area is 127 Å². The second-order valence-electron chi connectivity index (χ2n) is 5.90. The summed E-state index contributed by atoms with van der Waals surface area (Å²) in [6.45, 7) is 9.26. The van der Waals surface area contributed by atoms with Gasteiger partial charge in [-0.2, -0.15) is 5.10 Å². The number of carboxylic acids is 1. The third-order valence-corrected chi connectivity index (χ3v) is 3.27. The molecular weight excluding hydrogens is 292 g/mol. The molecule has 6 nitrogen and oxygen atoms in total. The van der Waals surface area contributed by atoms with Crippen LogP contribution in [0.25, 0.3) is 5.82 Å². The molecule has 0 unspecified atom stereocenters. The molecule has 2 aromatic heterocycles. The van der Waals surface area contributed by atoms with Gasteiger partial charge in [0.1, 0.15) is 16.5 Å². The number of hydrogen-bond donors (Lipinski definition) is 1. The lowest BCUT2D eigenvalue weighted by atomic mass is 9.89. The second kappa shape index (κ2) is 5.11. The van der Waals surface area contributed by atoms with Crippen molar-refractivity contribution < 1.29 is 9.90 Å². The van der Waals surface area contributed by atoms with E-state index in [1.54, 1.807) is 13.0 Å². The van der Waals surface area contributed by atoms with Crippen molar-refractivity contribution in [2.45, 2.75) is 40.0 Å². The van der Waals surface area contributed by atoms with Crippen molar-refractivity contribution in [1.29, 1.82) is 0 Å². The molecule has 0 aliphatic rings. The summed E-state index contributed by atoms with van der Waals surface area (Å²) in [7, 11) is 0. The van der Waals surface area contributed by atoms with Crippen molar-refractivity contribution >= 4 is 17.6 Å². The summed E-state index contributed by atoms with van der Waals surface area (Å²) < 4.78 is 1.35. The molecule has 7 heteroatoms. The van der Waals surface area contributed by atoms with Crippen molar-refractivity contribution in [2.24, 2.45) is 0 Å². The summed E-state index contributed by atoms with van der Waals surface area (Å²) in [6, 6.07) is 1.71. The van der Waals surface area contributed by atoms with E-state index in [0.717, 1.165) is 5.69 Å². The van der Waals surface area contributed by atoms with Gasteiger partial charge in [0.25, 0.3) is 0 Å². The second-order valence-corrected chi connectivity index (χ2v) is 6.25. The lowest BCUT2D eigenvalue weighted by molar-refractivity contribution is 0.0694. The highest BCUT2D eigenvalue weighted by Gasteiger charge is 2.30. The molecule has 2 aromatic rings. The van der Waals surface area contributed by atoms with Crippen molar-refractivity contribution in [3.05, 3.63) is 34.0 Å². The van der Waals surface area contributed by atoms with Crippen molar-refractivity contribution in [3.63, 3.8) is 0 Å². The number of nitrogens with zero attached hydrogens (tertiary/aromatic N) is 4. The van der Waals surface area contributed by atoms with Crippen LogP contribution in [0.3, 0.4) is 0 Å². The number of carbonyl (C=O) groups is 1. The molecule has 112 valence electrons. The van der Waals surface area contributed by atoms with E-state index in [2.05, 4.69) is 15.1 Å². The Morgan fingerprint density at radius 1 is 1.29 bits per heavy atom. The van der Waals surface area contributed by atoms with Gasteiger partial charge in [-0.15, -0.1) is 0 Å². The van der Waals surface area contributed by atoms with Crippen LogP contribution in [0.1, 0.15) is 48.3 Å². The molecule has 0 saturated carbocycles. The summed E-state index contributed by atoms with van der Waals surface area (Å²) in [4.78, 5) is 20.0. The number of hydrogen-bond acceptors (Lipinski definition) is 4. The first-order chi connectivity index (χ1) is 9.61. The molecule has 2 rings (SSSR count). The molecule has 1 N–H and O–H groups in total. The highest BCUT2D eigenvalue weighted by molar-refractivity contribution is 6.33. The van der Waals surface area contributed by atoms with Crippen LogP contribution in [-0.2, 0) is 5.41 Å². The van der Waals surface area contributed by atoms with E-state index in [4.69, 9.17) is 11.6 Å². The van der Waals surface area contributed by atoms with Crippen LogP contribution in [0.2, 0.25) is 5.15 Å². The standard InChI is InChI=1S/C14H17ClN4O2/c1-7-6-9(17-8(2)16-7)19-12(15)10(13(20)21)11(18-19)14(3,4)5/h6H,1-5H3,(H,20,21). The molecule has 21 heavy (non-hydrogen) atoms. The van der Waals surface area contributed by atoms with E-state index in [9.17, 15) is 9.90 Å². The molecule has 0 fully saturated rings. The monoisotopic (exact) mass is 308 g/mol. The lowest BCUT2D eigenvalue weighted by Gasteiger charge is -2.15. The van der Waals surface area contributed by atoms with E-state index in [0.29, 0.717) is 17.3 Å². The first kappa shape index (κ1) is 15.4. The predicted molar refractivity (Wildman–Crippen MR) is 79.3 cm³/mol. The molecule has 0 aromatic carbocycles. The molecule has 0 spiro atoms. The van der Waals surface area contributed by atoms with Crippen LogP contribution >= 0.6 is 11.6 Å². The Balaban J connectivity index is 2.74. The normalized spacial score (nSPS) is 11.7. The maximum atomic E-state index is 11.5. The zero-order valence-corrected chi connectivity index (χ0v) is 13.4. The summed E-state index contributed by atoms with van der Waals surface area (Å²) in [5, 5.41) is 13.8. The van der Waals surface area contributed by atoms with Crippen molar-refractivity contribution in [3.8, 4) is 5.82 Å². The van der Waals surface area contributed by atoms with E-state index >= 15 is 0 Å². The van der Waals surface area contributed by atoms with Crippen molar-refractivity contribution in [1.82, 2.24) is 19.7 Å². The van der Waals surface area contributed by atoms with Gasteiger partial charge in [-0.3, -0.25) is 0 Å². The van der Waals surface area contributed by atoms with Gasteiger partial charge in [-0.1, -0.05) is 32.4 Å².